The second kappa shape index (κ2) is 7.99. The van der Waals surface area contributed by atoms with Gasteiger partial charge in [0.25, 0.3) is 0 Å². The number of likely N-dealkylation sites (N-methyl/N-ethyl adjacent to an activating group) is 1. The van der Waals surface area contributed by atoms with E-state index in [9.17, 15) is 13.0 Å². The lowest BCUT2D eigenvalue weighted by Crippen LogP contribution is -2.49. The Morgan fingerprint density at radius 1 is 1.06 bits per heavy atom. The van der Waals surface area contributed by atoms with Crippen LogP contribution in [0.25, 0.3) is 0 Å². The number of quaternary nitrogens is 1. The number of nitrogens with zero attached hydrogens (tertiary/aromatic N) is 1. The quantitative estimate of drug-likeness (QED) is 0.401. The van der Waals surface area contributed by atoms with Crippen molar-refractivity contribution < 1.29 is 26.9 Å². The van der Waals surface area contributed by atoms with E-state index >= 15 is 0 Å². The average molecular weight is 269 g/mol. The molecule has 0 bridgehead atoms. The van der Waals surface area contributed by atoms with Crippen LogP contribution >= 0.6 is 0 Å². The van der Waals surface area contributed by atoms with Crippen molar-refractivity contribution in [3.63, 3.8) is 0 Å². The number of ether oxygens (including phenoxy) is 2. The molecule has 0 fully saturated rings. The first-order valence-electron chi connectivity index (χ1n) is 5.58. The molecule has 0 amide bonds. The van der Waals surface area contributed by atoms with Gasteiger partial charge in [0.2, 0.25) is 0 Å². The highest BCUT2D eigenvalue weighted by Gasteiger charge is 2.20. The topological polar surface area (TPSA) is 75.7 Å². The molecule has 0 N–H and O–H groups in total. The van der Waals surface area contributed by atoms with Gasteiger partial charge in [-0.15, -0.1) is 0 Å². The summed E-state index contributed by atoms with van der Waals surface area (Å²) in [6, 6.07) is 0. The van der Waals surface area contributed by atoms with Crippen molar-refractivity contribution in [2.24, 2.45) is 0 Å². The summed E-state index contributed by atoms with van der Waals surface area (Å²) >= 11 is 0. The molecule has 0 saturated carbocycles. The van der Waals surface area contributed by atoms with Gasteiger partial charge < -0.3 is 18.5 Å². The predicted octanol–water partition coefficient (Wildman–Crippen LogP) is -0.339. The third kappa shape index (κ3) is 9.49. The van der Waals surface area contributed by atoms with Crippen LogP contribution in [0.3, 0.4) is 0 Å². The summed E-state index contributed by atoms with van der Waals surface area (Å²) in [7, 11) is 1.15. The lowest BCUT2D eigenvalue weighted by Gasteiger charge is -2.34. The highest BCUT2D eigenvalue weighted by atomic mass is 32.2. The predicted molar refractivity (Wildman–Crippen MR) is 63.7 cm³/mol. The molecule has 0 rings (SSSR count). The third-order valence-corrected chi connectivity index (χ3v) is 3.55. The van der Waals surface area contributed by atoms with Crippen LogP contribution in [0.4, 0.5) is 0 Å². The summed E-state index contributed by atoms with van der Waals surface area (Å²) in [5.74, 6) is -0.305. The standard InChI is InChI=1S/C10H23NO5S/c1-11(6-8-15-2,7-9-16-3)5-4-10-17(12,13)14/h4-10H2,1-3H3. The minimum absolute atomic E-state index is 0.305. The smallest absolute Gasteiger partial charge is 0.102 e. The molecule has 0 aromatic carbocycles. The monoisotopic (exact) mass is 269 g/mol. The van der Waals surface area contributed by atoms with Crippen molar-refractivity contribution in [2.75, 3.05) is 59.9 Å². The van der Waals surface area contributed by atoms with Gasteiger partial charge in [0.15, 0.2) is 0 Å². The molecule has 0 radical (unpaired) electrons. The number of hydrogen-bond donors (Lipinski definition) is 0. The van der Waals surface area contributed by atoms with Crippen molar-refractivity contribution >= 4 is 10.1 Å². The van der Waals surface area contributed by atoms with Crippen molar-refractivity contribution in [1.82, 2.24) is 0 Å². The summed E-state index contributed by atoms with van der Waals surface area (Å²) in [5, 5.41) is 0. The highest BCUT2D eigenvalue weighted by Crippen LogP contribution is 2.05. The molecule has 0 atom stereocenters. The van der Waals surface area contributed by atoms with Gasteiger partial charge in [0, 0.05) is 26.4 Å². The van der Waals surface area contributed by atoms with E-state index in [4.69, 9.17) is 9.47 Å². The summed E-state index contributed by atoms with van der Waals surface area (Å²) in [4.78, 5) is 0. The normalized spacial score (nSPS) is 12.9. The molecular weight excluding hydrogens is 246 g/mol. The van der Waals surface area contributed by atoms with Crippen LogP contribution in [-0.2, 0) is 19.6 Å². The molecule has 0 aliphatic carbocycles. The second-order valence-electron chi connectivity index (χ2n) is 4.39. The lowest BCUT2D eigenvalue weighted by molar-refractivity contribution is -0.910. The zero-order chi connectivity index (χ0) is 13.4. The Morgan fingerprint density at radius 3 is 1.88 bits per heavy atom. The fourth-order valence-corrected chi connectivity index (χ4v) is 2.06. The van der Waals surface area contributed by atoms with Gasteiger partial charge in [-0.3, -0.25) is 0 Å². The fourth-order valence-electron chi connectivity index (χ4n) is 1.58. The van der Waals surface area contributed by atoms with Crippen LogP contribution in [-0.4, -0.2) is 77.3 Å². The largest absolute Gasteiger partial charge is 0.748 e. The molecule has 0 saturated heterocycles. The molecule has 17 heavy (non-hydrogen) atoms. The minimum Gasteiger partial charge on any atom is -0.748 e. The molecule has 0 unspecified atom stereocenters. The molecule has 0 heterocycles. The van der Waals surface area contributed by atoms with E-state index in [-0.39, 0.29) is 5.75 Å². The first-order valence-corrected chi connectivity index (χ1v) is 7.16. The summed E-state index contributed by atoms with van der Waals surface area (Å²) in [5.41, 5.74) is 0. The van der Waals surface area contributed by atoms with Crippen LogP contribution in [0.1, 0.15) is 6.42 Å². The highest BCUT2D eigenvalue weighted by molar-refractivity contribution is 7.85. The maximum absolute atomic E-state index is 10.5. The lowest BCUT2D eigenvalue weighted by atomic mass is 10.3. The molecule has 7 heteroatoms. The first kappa shape index (κ1) is 16.8. The molecule has 0 aliphatic heterocycles. The van der Waals surface area contributed by atoms with Crippen molar-refractivity contribution in [3.8, 4) is 0 Å². The fraction of sp³-hybridized carbons (Fsp3) is 1.00. The van der Waals surface area contributed by atoms with E-state index in [1.807, 2.05) is 7.05 Å². The Morgan fingerprint density at radius 2 is 1.53 bits per heavy atom. The second-order valence-corrected chi connectivity index (χ2v) is 5.91. The summed E-state index contributed by atoms with van der Waals surface area (Å²) in [6.07, 6.45) is 0.371. The molecule has 6 nitrogen and oxygen atoms in total. The van der Waals surface area contributed by atoms with Crippen LogP contribution in [0.5, 0.6) is 0 Å². The maximum Gasteiger partial charge on any atom is 0.102 e. The third-order valence-electron chi connectivity index (χ3n) is 2.76. The maximum atomic E-state index is 10.5. The van der Waals surface area contributed by atoms with Gasteiger partial charge in [0.05, 0.1) is 36.9 Å². The zero-order valence-electron chi connectivity index (χ0n) is 10.8. The van der Waals surface area contributed by atoms with Gasteiger partial charge in [-0.2, -0.15) is 0 Å². The Labute approximate surface area is 104 Å². The molecule has 0 aromatic rings. The molecule has 0 aromatic heterocycles. The number of methoxy groups -OCH3 is 2. The summed E-state index contributed by atoms with van der Waals surface area (Å²) < 4.78 is 42.3. The SMILES string of the molecule is COCC[N+](C)(CCCS(=O)(=O)[O-])CCOC. The van der Waals surface area contributed by atoms with Crippen molar-refractivity contribution in [2.45, 2.75) is 6.42 Å². The van der Waals surface area contributed by atoms with E-state index in [0.29, 0.717) is 30.7 Å². The van der Waals surface area contributed by atoms with E-state index in [0.717, 1.165) is 13.1 Å². The van der Waals surface area contributed by atoms with Gasteiger partial charge >= 0.3 is 0 Å². The van der Waals surface area contributed by atoms with Crippen molar-refractivity contribution in [3.05, 3.63) is 0 Å². The van der Waals surface area contributed by atoms with Crippen LogP contribution in [0, 0.1) is 0 Å². The Hall–Kier alpha value is -0.210. The minimum atomic E-state index is -4.11. The molecular formula is C10H23NO5S. The van der Waals surface area contributed by atoms with E-state index in [2.05, 4.69) is 0 Å². The Kier molecular flexibility index (Phi) is 7.89. The molecule has 0 spiro atoms. The number of hydrogen-bond acceptors (Lipinski definition) is 5. The summed E-state index contributed by atoms with van der Waals surface area (Å²) in [6.45, 7) is 3.39. The van der Waals surface area contributed by atoms with Crippen molar-refractivity contribution in [1.29, 1.82) is 0 Å². The van der Waals surface area contributed by atoms with Crippen LogP contribution in [0.2, 0.25) is 0 Å². The first-order chi connectivity index (χ1) is 7.83. The average Bonchev–Trinajstić information content (AvgIpc) is 2.22. The van der Waals surface area contributed by atoms with Crippen LogP contribution in [0.15, 0.2) is 0 Å². The van der Waals surface area contributed by atoms with Gasteiger partial charge in [-0.25, -0.2) is 8.42 Å². The Balaban J connectivity index is 4.17. The van der Waals surface area contributed by atoms with E-state index < -0.39 is 10.1 Å². The van der Waals surface area contributed by atoms with Gasteiger partial charge in [0.1, 0.15) is 13.1 Å². The molecule has 0 aliphatic rings. The van der Waals surface area contributed by atoms with E-state index in [1.165, 1.54) is 0 Å². The number of rotatable bonds is 10. The Bertz CT molecular complexity index is 283. The van der Waals surface area contributed by atoms with Gasteiger partial charge in [-0.05, 0) is 0 Å². The van der Waals surface area contributed by atoms with Gasteiger partial charge in [-0.1, -0.05) is 0 Å². The zero-order valence-corrected chi connectivity index (χ0v) is 11.7. The van der Waals surface area contributed by atoms with Crippen LogP contribution < -0.4 is 0 Å². The molecule has 104 valence electrons. The van der Waals surface area contributed by atoms with E-state index in [1.54, 1.807) is 14.2 Å².